The van der Waals surface area contributed by atoms with Crippen LogP contribution in [0.2, 0.25) is 0 Å². The number of ketones is 1. The van der Waals surface area contributed by atoms with E-state index in [4.69, 9.17) is 4.74 Å². The number of morpholine rings is 1. The van der Waals surface area contributed by atoms with Crippen molar-refractivity contribution in [1.29, 1.82) is 0 Å². The van der Waals surface area contributed by atoms with Gasteiger partial charge in [-0.05, 0) is 32.9 Å². The van der Waals surface area contributed by atoms with Gasteiger partial charge in [-0.1, -0.05) is 6.07 Å². The number of carbonyl (C=O) groups is 1. The van der Waals surface area contributed by atoms with Gasteiger partial charge in [-0.25, -0.2) is 4.39 Å². The molecule has 0 saturated carbocycles. The third-order valence-electron chi connectivity index (χ3n) is 3.26. The minimum absolute atomic E-state index is 0.0873. The summed E-state index contributed by atoms with van der Waals surface area (Å²) in [5, 5.41) is 0. The number of hydrogen-bond acceptors (Lipinski definition) is 3. The number of Topliss-reactive ketones (excluding diaryl/α,β-unsaturated/α-hetero) is 1. The third-order valence-corrected chi connectivity index (χ3v) is 3.26. The summed E-state index contributed by atoms with van der Waals surface area (Å²) in [5.74, 6) is -0.694. The molecule has 0 amide bonds. The van der Waals surface area contributed by atoms with E-state index in [1.165, 1.54) is 13.0 Å². The van der Waals surface area contributed by atoms with Gasteiger partial charge in [0.15, 0.2) is 5.78 Å². The molecule has 0 radical (unpaired) electrons. The summed E-state index contributed by atoms with van der Waals surface area (Å²) in [7, 11) is 0. The summed E-state index contributed by atoms with van der Waals surface area (Å²) in [6, 6.07) is 4.91. The lowest BCUT2D eigenvalue weighted by Gasteiger charge is -2.39. The highest BCUT2D eigenvalue weighted by Gasteiger charge is 2.27. The van der Waals surface area contributed by atoms with Crippen LogP contribution >= 0.6 is 0 Å². The number of carbonyl (C=O) groups excluding carboxylic acids is 1. The molecule has 1 fully saturated rings. The molecule has 1 aliphatic rings. The first-order chi connectivity index (χ1) is 8.50. The van der Waals surface area contributed by atoms with Gasteiger partial charge in [-0.2, -0.15) is 0 Å². The van der Waals surface area contributed by atoms with E-state index in [1.807, 2.05) is 18.7 Å². The average Bonchev–Trinajstić information content (AvgIpc) is 2.31. The Balaban J connectivity index is 2.43. The highest BCUT2D eigenvalue weighted by Crippen LogP contribution is 2.28. The van der Waals surface area contributed by atoms with Crippen LogP contribution in [0.3, 0.4) is 0 Å². The standard InChI is InChI=1S/C14H18FNO2/c1-9-8-18-10(2)7-16(9)13-6-4-5-12(15)14(13)11(3)17/h4-6,9-10H,7-8H2,1-3H3. The minimum Gasteiger partial charge on any atom is -0.375 e. The second-order valence-corrected chi connectivity index (χ2v) is 4.84. The maximum absolute atomic E-state index is 13.8. The molecule has 4 heteroatoms. The van der Waals surface area contributed by atoms with Gasteiger partial charge in [0.05, 0.1) is 24.0 Å². The molecule has 0 aromatic heterocycles. The Labute approximate surface area is 107 Å². The molecule has 3 nitrogen and oxygen atoms in total. The van der Waals surface area contributed by atoms with Crippen LogP contribution in [0.1, 0.15) is 31.1 Å². The second-order valence-electron chi connectivity index (χ2n) is 4.84. The molecule has 1 saturated heterocycles. The Bertz CT molecular complexity index is 461. The van der Waals surface area contributed by atoms with E-state index < -0.39 is 5.82 Å². The summed E-state index contributed by atoms with van der Waals surface area (Å²) in [6.45, 7) is 6.66. The fourth-order valence-corrected chi connectivity index (χ4v) is 2.34. The molecule has 0 bridgehead atoms. The molecule has 1 aliphatic heterocycles. The summed E-state index contributed by atoms with van der Waals surface area (Å²) < 4.78 is 19.4. The molecule has 1 aromatic carbocycles. The van der Waals surface area contributed by atoms with E-state index in [2.05, 4.69) is 0 Å². The zero-order valence-electron chi connectivity index (χ0n) is 10.9. The van der Waals surface area contributed by atoms with Crippen LogP contribution in [-0.2, 0) is 4.74 Å². The first kappa shape index (κ1) is 13.0. The van der Waals surface area contributed by atoms with E-state index in [0.717, 1.165) is 0 Å². The SMILES string of the molecule is CC(=O)c1c(F)cccc1N1CC(C)OCC1C. The molecule has 18 heavy (non-hydrogen) atoms. The van der Waals surface area contributed by atoms with Crippen LogP contribution in [0.5, 0.6) is 0 Å². The summed E-state index contributed by atoms with van der Waals surface area (Å²) in [4.78, 5) is 13.7. The summed E-state index contributed by atoms with van der Waals surface area (Å²) >= 11 is 0. The van der Waals surface area contributed by atoms with E-state index >= 15 is 0 Å². The minimum atomic E-state index is -0.452. The quantitative estimate of drug-likeness (QED) is 0.757. The number of ether oxygens (including phenoxy) is 1. The molecular formula is C14H18FNO2. The number of nitrogens with zero attached hydrogens (tertiary/aromatic N) is 1. The number of anilines is 1. The molecule has 2 atom stereocenters. The maximum atomic E-state index is 13.8. The lowest BCUT2D eigenvalue weighted by atomic mass is 10.0. The zero-order valence-corrected chi connectivity index (χ0v) is 10.9. The predicted octanol–water partition coefficient (Wildman–Crippen LogP) is 2.64. The van der Waals surface area contributed by atoms with Gasteiger partial charge in [0.25, 0.3) is 0 Å². The van der Waals surface area contributed by atoms with Crippen LogP contribution in [0, 0.1) is 5.82 Å². The fraction of sp³-hybridized carbons (Fsp3) is 0.500. The molecule has 0 spiro atoms. The molecule has 2 unspecified atom stereocenters. The van der Waals surface area contributed by atoms with Gasteiger partial charge < -0.3 is 9.64 Å². The highest BCUT2D eigenvalue weighted by atomic mass is 19.1. The van der Waals surface area contributed by atoms with Crippen LogP contribution in [0.4, 0.5) is 10.1 Å². The maximum Gasteiger partial charge on any atom is 0.164 e. The van der Waals surface area contributed by atoms with E-state index in [9.17, 15) is 9.18 Å². The molecule has 0 N–H and O–H groups in total. The molecule has 1 heterocycles. The number of benzene rings is 1. The molecular weight excluding hydrogens is 233 g/mol. The largest absolute Gasteiger partial charge is 0.375 e. The van der Waals surface area contributed by atoms with Crippen molar-refractivity contribution < 1.29 is 13.9 Å². The Hall–Kier alpha value is -1.42. The first-order valence-corrected chi connectivity index (χ1v) is 6.18. The van der Waals surface area contributed by atoms with Crippen LogP contribution in [0.15, 0.2) is 18.2 Å². The number of halogens is 1. The third kappa shape index (κ3) is 2.38. The lowest BCUT2D eigenvalue weighted by Crippen LogP contribution is -2.48. The van der Waals surface area contributed by atoms with Crippen molar-refractivity contribution in [2.75, 3.05) is 18.1 Å². The smallest absolute Gasteiger partial charge is 0.164 e. The fourth-order valence-electron chi connectivity index (χ4n) is 2.34. The van der Waals surface area contributed by atoms with Gasteiger partial charge in [0, 0.05) is 12.6 Å². The van der Waals surface area contributed by atoms with Crippen LogP contribution in [0.25, 0.3) is 0 Å². The van der Waals surface area contributed by atoms with E-state index in [1.54, 1.807) is 12.1 Å². The lowest BCUT2D eigenvalue weighted by molar-refractivity contribution is 0.0342. The topological polar surface area (TPSA) is 29.5 Å². The number of rotatable bonds is 2. The van der Waals surface area contributed by atoms with Crippen LogP contribution in [-0.4, -0.2) is 31.1 Å². The second kappa shape index (κ2) is 5.06. The van der Waals surface area contributed by atoms with Gasteiger partial charge >= 0.3 is 0 Å². The Morgan fingerprint density at radius 3 is 2.83 bits per heavy atom. The van der Waals surface area contributed by atoms with Crippen molar-refractivity contribution in [3.05, 3.63) is 29.6 Å². The first-order valence-electron chi connectivity index (χ1n) is 6.18. The van der Waals surface area contributed by atoms with Crippen molar-refractivity contribution >= 4 is 11.5 Å². The Morgan fingerprint density at radius 2 is 2.17 bits per heavy atom. The predicted molar refractivity (Wildman–Crippen MR) is 68.6 cm³/mol. The Morgan fingerprint density at radius 1 is 1.44 bits per heavy atom. The van der Waals surface area contributed by atoms with Gasteiger partial charge in [-0.3, -0.25) is 4.79 Å². The van der Waals surface area contributed by atoms with Gasteiger partial charge in [-0.15, -0.1) is 0 Å². The van der Waals surface area contributed by atoms with E-state index in [0.29, 0.717) is 18.8 Å². The summed E-state index contributed by atoms with van der Waals surface area (Å²) in [6.07, 6.45) is 0.0873. The van der Waals surface area contributed by atoms with Crippen molar-refractivity contribution in [1.82, 2.24) is 0 Å². The Kier molecular flexibility index (Phi) is 3.66. The van der Waals surface area contributed by atoms with Crippen molar-refractivity contribution in [2.24, 2.45) is 0 Å². The van der Waals surface area contributed by atoms with Crippen molar-refractivity contribution in [3.8, 4) is 0 Å². The highest BCUT2D eigenvalue weighted by molar-refractivity contribution is 6.00. The zero-order chi connectivity index (χ0) is 13.3. The van der Waals surface area contributed by atoms with Gasteiger partial charge in [0.1, 0.15) is 5.82 Å². The van der Waals surface area contributed by atoms with Crippen molar-refractivity contribution in [3.63, 3.8) is 0 Å². The molecule has 98 valence electrons. The molecule has 0 aliphatic carbocycles. The van der Waals surface area contributed by atoms with Crippen molar-refractivity contribution in [2.45, 2.75) is 32.9 Å². The van der Waals surface area contributed by atoms with Gasteiger partial charge in [0.2, 0.25) is 0 Å². The average molecular weight is 251 g/mol. The monoisotopic (exact) mass is 251 g/mol. The normalized spacial score (nSPS) is 24.1. The van der Waals surface area contributed by atoms with E-state index in [-0.39, 0.29) is 23.5 Å². The summed E-state index contributed by atoms with van der Waals surface area (Å²) in [5.41, 5.74) is 0.851. The molecule has 1 aromatic rings. The number of hydrogen-bond donors (Lipinski definition) is 0. The molecule has 2 rings (SSSR count). The van der Waals surface area contributed by atoms with Crippen LogP contribution < -0.4 is 4.90 Å².